The number of hydrogen-bond acceptors (Lipinski definition) is 6. The fourth-order valence-corrected chi connectivity index (χ4v) is 4.15. The van der Waals surface area contributed by atoms with Crippen LogP contribution in [-0.2, 0) is 10.3 Å². The first-order chi connectivity index (χ1) is 15.9. The second-order valence-electron chi connectivity index (χ2n) is 10.4. The fraction of sp³-hybridized carbons (Fsp3) is 0.500. The lowest BCUT2D eigenvalue weighted by atomic mass is 9.90. The van der Waals surface area contributed by atoms with E-state index >= 15 is 0 Å². The number of ether oxygens (including phenoxy) is 1. The number of alkyl carbamates (subject to hydrolysis) is 1. The highest BCUT2D eigenvalue weighted by Gasteiger charge is 2.29. The predicted octanol–water partition coefficient (Wildman–Crippen LogP) is 4.58. The Morgan fingerprint density at radius 1 is 0.971 bits per heavy atom. The van der Waals surface area contributed by atoms with Gasteiger partial charge in [0.2, 0.25) is 0 Å². The third-order valence-corrected chi connectivity index (χ3v) is 5.89. The normalized spacial score (nSPS) is 18.6. The van der Waals surface area contributed by atoms with Crippen molar-refractivity contribution < 1.29 is 14.3 Å². The molecule has 1 aromatic carbocycles. The summed E-state index contributed by atoms with van der Waals surface area (Å²) in [5.41, 5.74) is 6.37. The lowest BCUT2D eigenvalue weighted by Crippen LogP contribution is -2.49. The van der Waals surface area contributed by atoms with E-state index in [1.165, 1.54) is 0 Å². The summed E-state index contributed by atoms with van der Waals surface area (Å²) in [4.78, 5) is 29.6. The number of nitrogens with one attached hydrogen (secondary N) is 3. The van der Waals surface area contributed by atoms with Crippen LogP contribution in [-0.4, -0.2) is 34.7 Å². The molecule has 1 saturated carbocycles. The number of nitrogen functional groups attached to an aromatic ring is 1. The first-order valence-corrected chi connectivity index (χ1v) is 11.9. The highest BCUT2D eigenvalue weighted by molar-refractivity contribution is 5.99. The van der Waals surface area contributed by atoms with E-state index < -0.39 is 17.2 Å². The van der Waals surface area contributed by atoms with E-state index in [0.29, 0.717) is 11.4 Å². The summed E-state index contributed by atoms with van der Waals surface area (Å²) in [6, 6.07) is 13.1. The van der Waals surface area contributed by atoms with E-state index in [-0.39, 0.29) is 23.8 Å². The molecule has 3 rings (SSSR count). The molecular weight excluding hydrogens is 430 g/mol. The topological polar surface area (TPSA) is 118 Å². The summed E-state index contributed by atoms with van der Waals surface area (Å²) in [5.74, 6) is 0.436. The van der Waals surface area contributed by atoms with Crippen LogP contribution in [0.3, 0.4) is 0 Å². The minimum absolute atomic E-state index is 0.00939. The van der Waals surface area contributed by atoms with Crippen molar-refractivity contribution in [2.45, 2.75) is 83.5 Å². The minimum Gasteiger partial charge on any atom is -0.444 e. The van der Waals surface area contributed by atoms with Crippen LogP contribution >= 0.6 is 0 Å². The number of rotatable bonds is 6. The zero-order chi connectivity index (χ0) is 24.9. The van der Waals surface area contributed by atoms with Crippen LogP contribution in [0.1, 0.15) is 76.2 Å². The number of hydrogen-bond donors (Lipinski definition) is 4. The molecule has 2 amide bonds. The first-order valence-electron chi connectivity index (χ1n) is 11.9. The van der Waals surface area contributed by atoms with Crippen LogP contribution in [0, 0.1) is 0 Å². The number of carbonyl (C=O) groups is 2. The molecule has 0 saturated heterocycles. The Kier molecular flexibility index (Phi) is 7.69. The van der Waals surface area contributed by atoms with Crippen molar-refractivity contribution in [3.63, 3.8) is 0 Å². The maximum atomic E-state index is 12.9. The number of amides is 2. The standard InChI is InChI=1S/C26H37N5O3/c1-25(2,3)34-24(33)29-20-14-10-9-13-19(20)28-21-16-15-18(22(27)30-21)23(32)31-26(4,5)17-11-7-6-8-12-17/h6-8,11-12,15-16,19-20H,9-10,13-14H2,1-5H3,(H,29,33)(H,31,32)(H3,27,28,30)/t19?,20-/m0/s1. The largest absolute Gasteiger partial charge is 0.444 e. The zero-order valence-corrected chi connectivity index (χ0v) is 20.8. The van der Waals surface area contributed by atoms with Crippen LogP contribution in [0.2, 0.25) is 0 Å². The van der Waals surface area contributed by atoms with Gasteiger partial charge >= 0.3 is 6.09 Å². The quantitative estimate of drug-likeness (QED) is 0.494. The Morgan fingerprint density at radius 3 is 2.24 bits per heavy atom. The molecule has 8 nitrogen and oxygen atoms in total. The maximum Gasteiger partial charge on any atom is 0.407 e. The molecule has 0 bridgehead atoms. The van der Waals surface area contributed by atoms with Crippen LogP contribution in [0.25, 0.3) is 0 Å². The summed E-state index contributed by atoms with van der Waals surface area (Å²) in [7, 11) is 0. The zero-order valence-electron chi connectivity index (χ0n) is 20.8. The average molecular weight is 468 g/mol. The van der Waals surface area contributed by atoms with Gasteiger partial charge in [0, 0.05) is 6.04 Å². The molecule has 34 heavy (non-hydrogen) atoms. The fourth-order valence-electron chi connectivity index (χ4n) is 4.15. The number of nitrogens with two attached hydrogens (primary N) is 1. The van der Waals surface area contributed by atoms with Crippen LogP contribution in [0.5, 0.6) is 0 Å². The molecule has 1 aromatic heterocycles. The Bertz CT molecular complexity index is 1000. The molecule has 0 aliphatic heterocycles. The summed E-state index contributed by atoms with van der Waals surface area (Å²) in [6.07, 6.45) is 3.39. The van der Waals surface area contributed by atoms with E-state index in [1.54, 1.807) is 12.1 Å². The van der Waals surface area contributed by atoms with Gasteiger partial charge in [-0.1, -0.05) is 43.2 Å². The van der Waals surface area contributed by atoms with E-state index in [2.05, 4.69) is 20.9 Å². The van der Waals surface area contributed by atoms with E-state index in [9.17, 15) is 9.59 Å². The van der Waals surface area contributed by atoms with Gasteiger partial charge in [0.05, 0.1) is 17.1 Å². The second-order valence-corrected chi connectivity index (χ2v) is 10.4. The Labute approximate surface area is 202 Å². The molecule has 1 fully saturated rings. The van der Waals surface area contributed by atoms with Crippen molar-refractivity contribution in [1.82, 2.24) is 15.6 Å². The first kappa shape index (κ1) is 25.3. The summed E-state index contributed by atoms with van der Waals surface area (Å²) < 4.78 is 5.41. The molecular formula is C26H37N5O3. The number of aromatic nitrogens is 1. The summed E-state index contributed by atoms with van der Waals surface area (Å²) in [6.45, 7) is 9.42. The van der Waals surface area contributed by atoms with E-state index in [1.807, 2.05) is 65.0 Å². The number of pyridine rings is 1. The molecule has 0 spiro atoms. The maximum absolute atomic E-state index is 12.9. The SMILES string of the molecule is CC(C)(C)OC(=O)N[C@H]1CCCCC1Nc1ccc(C(=O)NC(C)(C)c2ccccc2)c(N)n1. The van der Waals surface area contributed by atoms with Gasteiger partial charge in [-0.15, -0.1) is 0 Å². The molecule has 8 heteroatoms. The third-order valence-electron chi connectivity index (χ3n) is 5.89. The lowest BCUT2D eigenvalue weighted by Gasteiger charge is -2.33. The molecule has 1 unspecified atom stereocenters. The highest BCUT2D eigenvalue weighted by atomic mass is 16.6. The molecule has 2 atom stereocenters. The Morgan fingerprint density at radius 2 is 1.62 bits per heavy atom. The smallest absolute Gasteiger partial charge is 0.407 e. The van der Waals surface area contributed by atoms with E-state index in [4.69, 9.17) is 10.5 Å². The minimum atomic E-state index is -0.565. The van der Waals surface area contributed by atoms with Crippen molar-refractivity contribution >= 4 is 23.6 Å². The van der Waals surface area contributed by atoms with Gasteiger partial charge < -0.3 is 26.4 Å². The molecule has 1 aliphatic carbocycles. The van der Waals surface area contributed by atoms with Crippen LogP contribution < -0.4 is 21.7 Å². The second kappa shape index (κ2) is 10.3. The molecule has 5 N–H and O–H groups in total. The van der Waals surface area contributed by atoms with Gasteiger partial charge in [0.1, 0.15) is 17.2 Å². The Balaban J connectivity index is 1.66. The van der Waals surface area contributed by atoms with Crippen molar-refractivity contribution in [2.24, 2.45) is 0 Å². The van der Waals surface area contributed by atoms with Gasteiger partial charge in [-0.3, -0.25) is 4.79 Å². The molecule has 1 aliphatic rings. The number of carbonyl (C=O) groups excluding carboxylic acids is 2. The summed E-state index contributed by atoms with van der Waals surface area (Å²) in [5, 5.41) is 9.41. The third kappa shape index (κ3) is 6.85. The number of anilines is 2. The van der Waals surface area contributed by atoms with Gasteiger partial charge in [0.15, 0.2) is 0 Å². The summed E-state index contributed by atoms with van der Waals surface area (Å²) >= 11 is 0. The van der Waals surface area contributed by atoms with Crippen LogP contribution in [0.15, 0.2) is 42.5 Å². The number of nitrogens with zero attached hydrogens (tertiary/aromatic N) is 1. The van der Waals surface area contributed by atoms with Gasteiger partial charge in [0.25, 0.3) is 5.91 Å². The van der Waals surface area contributed by atoms with Gasteiger partial charge in [-0.05, 0) is 65.2 Å². The molecule has 1 heterocycles. The van der Waals surface area contributed by atoms with Gasteiger partial charge in [-0.2, -0.15) is 0 Å². The Hall–Kier alpha value is -3.29. The van der Waals surface area contributed by atoms with Crippen molar-refractivity contribution in [3.05, 3.63) is 53.6 Å². The van der Waals surface area contributed by atoms with Crippen molar-refractivity contribution in [1.29, 1.82) is 0 Å². The molecule has 184 valence electrons. The van der Waals surface area contributed by atoms with Crippen molar-refractivity contribution in [3.8, 4) is 0 Å². The number of benzene rings is 1. The van der Waals surface area contributed by atoms with Crippen molar-refractivity contribution in [2.75, 3.05) is 11.1 Å². The van der Waals surface area contributed by atoms with E-state index in [0.717, 1.165) is 31.2 Å². The monoisotopic (exact) mass is 467 g/mol. The lowest BCUT2D eigenvalue weighted by molar-refractivity contribution is 0.0488. The predicted molar refractivity (Wildman–Crippen MR) is 135 cm³/mol. The molecule has 0 radical (unpaired) electrons. The molecule has 2 aromatic rings. The van der Waals surface area contributed by atoms with Gasteiger partial charge in [-0.25, -0.2) is 9.78 Å². The highest BCUT2D eigenvalue weighted by Crippen LogP contribution is 2.25. The average Bonchev–Trinajstić information content (AvgIpc) is 2.74. The van der Waals surface area contributed by atoms with Crippen LogP contribution in [0.4, 0.5) is 16.4 Å².